The highest BCUT2D eigenvalue weighted by atomic mass is 35.5. The number of halogens is 2. The third-order valence-corrected chi connectivity index (χ3v) is 1.56. The molecule has 0 bridgehead atoms. The highest BCUT2D eigenvalue weighted by Gasteiger charge is 2.14. The fourth-order valence-corrected chi connectivity index (χ4v) is 0.746. The fourth-order valence-electron chi connectivity index (χ4n) is 0.495. The van der Waals surface area contributed by atoms with Gasteiger partial charge in [0.2, 0.25) is 0 Å². The minimum Gasteiger partial charge on any atom is -0.303 e. The molecule has 0 amide bonds. The van der Waals surface area contributed by atoms with Crippen LogP contribution in [0.5, 0.6) is 0 Å². The van der Waals surface area contributed by atoms with Gasteiger partial charge in [0, 0.05) is 6.42 Å². The lowest BCUT2D eigenvalue weighted by atomic mass is 10.2. The number of alkyl halides is 2. The van der Waals surface area contributed by atoms with Crippen molar-refractivity contribution in [1.29, 1.82) is 0 Å². The molecule has 3 heteroatoms. The Hall–Kier alpha value is -0.110. The molecule has 9 heavy (non-hydrogen) atoms. The van der Waals surface area contributed by atoms with E-state index in [4.69, 9.17) is 11.6 Å². The molecule has 0 saturated heterocycles. The summed E-state index contributed by atoms with van der Waals surface area (Å²) in [5.41, 5.74) is 0. The van der Waals surface area contributed by atoms with E-state index in [-0.39, 0.29) is 6.42 Å². The number of aldehydes is 1. The van der Waals surface area contributed by atoms with E-state index in [1.807, 2.05) is 0 Å². The summed E-state index contributed by atoms with van der Waals surface area (Å²) in [5.74, 6) is 0. The summed E-state index contributed by atoms with van der Waals surface area (Å²) in [6.07, 6.45) is 0.0789. The molecule has 0 aliphatic heterocycles. The van der Waals surface area contributed by atoms with Gasteiger partial charge in [-0.05, 0) is 6.42 Å². The summed E-state index contributed by atoms with van der Waals surface area (Å²) in [5, 5.41) is -0.632. The van der Waals surface area contributed by atoms with Crippen LogP contribution in [0.25, 0.3) is 0 Å². The molecule has 0 aromatic carbocycles. The Labute approximate surface area is 59.2 Å². The predicted molar refractivity (Wildman–Crippen MR) is 35.5 cm³/mol. The van der Waals surface area contributed by atoms with E-state index in [0.29, 0.717) is 12.7 Å². The second-order valence-corrected chi connectivity index (χ2v) is 2.40. The van der Waals surface area contributed by atoms with Crippen LogP contribution in [0, 0.1) is 0 Å². The zero-order chi connectivity index (χ0) is 7.28. The second-order valence-electron chi connectivity index (χ2n) is 1.84. The van der Waals surface area contributed by atoms with Gasteiger partial charge in [0.15, 0.2) is 0 Å². The van der Waals surface area contributed by atoms with E-state index >= 15 is 0 Å². The minimum atomic E-state index is -1.04. The van der Waals surface area contributed by atoms with Crippen molar-refractivity contribution in [3.63, 3.8) is 0 Å². The van der Waals surface area contributed by atoms with Gasteiger partial charge in [-0.3, -0.25) is 0 Å². The van der Waals surface area contributed by atoms with Crippen LogP contribution in [0.3, 0.4) is 0 Å². The highest BCUT2D eigenvalue weighted by Crippen LogP contribution is 2.12. The van der Waals surface area contributed by atoms with E-state index in [9.17, 15) is 9.18 Å². The summed E-state index contributed by atoms with van der Waals surface area (Å²) < 4.78 is 12.4. The van der Waals surface area contributed by atoms with E-state index in [1.54, 1.807) is 6.92 Å². The van der Waals surface area contributed by atoms with Gasteiger partial charge < -0.3 is 4.79 Å². The van der Waals surface area contributed by atoms with Crippen molar-refractivity contribution in [1.82, 2.24) is 0 Å². The van der Waals surface area contributed by atoms with Gasteiger partial charge in [-0.2, -0.15) is 0 Å². The standard InChI is InChI=1S/C6H10ClFO/c1-2-6(8)5(7)3-4-9/h4-6H,2-3H2,1H3. The number of hydrogen-bond donors (Lipinski definition) is 0. The summed E-state index contributed by atoms with van der Waals surface area (Å²) in [4.78, 5) is 9.78. The van der Waals surface area contributed by atoms with Gasteiger partial charge in [-0.25, -0.2) is 4.39 Å². The van der Waals surface area contributed by atoms with Crippen molar-refractivity contribution in [3.8, 4) is 0 Å². The Morgan fingerprint density at radius 1 is 1.78 bits per heavy atom. The van der Waals surface area contributed by atoms with Crippen LogP contribution in [0.15, 0.2) is 0 Å². The molecule has 0 aliphatic carbocycles. The first-order valence-electron chi connectivity index (χ1n) is 2.94. The van der Waals surface area contributed by atoms with Crippen LogP contribution in [0.2, 0.25) is 0 Å². The van der Waals surface area contributed by atoms with Gasteiger partial charge in [-0.1, -0.05) is 6.92 Å². The molecule has 0 aromatic heterocycles. The maximum atomic E-state index is 12.4. The summed E-state index contributed by atoms with van der Waals surface area (Å²) in [6.45, 7) is 1.70. The number of carbonyl (C=O) groups excluding carboxylic acids is 1. The fraction of sp³-hybridized carbons (Fsp3) is 0.833. The third-order valence-electron chi connectivity index (χ3n) is 1.10. The molecule has 2 atom stereocenters. The lowest BCUT2D eigenvalue weighted by molar-refractivity contribution is -0.108. The van der Waals surface area contributed by atoms with Crippen LogP contribution < -0.4 is 0 Å². The average Bonchev–Trinajstić information content (AvgIpc) is 1.87. The molecule has 0 aliphatic rings. The zero-order valence-corrected chi connectivity index (χ0v) is 6.07. The van der Waals surface area contributed by atoms with Gasteiger partial charge >= 0.3 is 0 Å². The van der Waals surface area contributed by atoms with Crippen LogP contribution in [-0.4, -0.2) is 17.8 Å². The second kappa shape index (κ2) is 4.74. The molecule has 0 radical (unpaired) electrons. The highest BCUT2D eigenvalue weighted by molar-refractivity contribution is 6.21. The lowest BCUT2D eigenvalue weighted by Gasteiger charge is -2.07. The third kappa shape index (κ3) is 3.46. The molecule has 54 valence electrons. The van der Waals surface area contributed by atoms with Crippen LogP contribution >= 0.6 is 11.6 Å². The van der Waals surface area contributed by atoms with Crippen LogP contribution in [0.4, 0.5) is 4.39 Å². The molecule has 0 aromatic rings. The first-order chi connectivity index (χ1) is 4.22. The van der Waals surface area contributed by atoms with Gasteiger partial charge in [-0.15, -0.1) is 11.6 Å². The van der Waals surface area contributed by atoms with Crippen molar-refractivity contribution < 1.29 is 9.18 Å². The average molecular weight is 153 g/mol. The molecule has 2 unspecified atom stereocenters. The quantitative estimate of drug-likeness (QED) is 0.445. The SMILES string of the molecule is CCC(F)C(Cl)CC=O. The van der Waals surface area contributed by atoms with E-state index in [1.165, 1.54) is 0 Å². The summed E-state index contributed by atoms with van der Waals surface area (Å²) in [6, 6.07) is 0. The number of hydrogen-bond acceptors (Lipinski definition) is 1. The van der Waals surface area contributed by atoms with E-state index < -0.39 is 11.5 Å². The first-order valence-corrected chi connectivity index (χ1v) is 3.37. The van der Waals surface area contributed by atoms with Crippen molar-refractivity contribution in [3.05, 3.63) is 0 Å². The van der Waals surface area contributed by atoms with Crippen LogP contribution in [-0.2, 0) is 4.79 Å². The van der Waals surface area contributed by atoms with Crippen molar-refractivity contribution in [2.45, 2.75) is 31.3 Å². The minimum absolute atomic E-state index is 0.108. The summed E-state index contributed by atoms with van der Waals surface area (Å²) >= 11 is 5.43. The molecule has 0 rings (SSSR count). The van der Waals surface area contributed by atoms with Crippen molar-refractivity contribution in [2.24, 2.45) is 0 Å². The normalized spacial score (nSPS) is 16.8. The van der Waals surface area contributed by atoms with E-state index in [2.05, 4.69) is 0 Å². The molecular weight excluding hydrogens is 143 g/mol. The van der Waals surface area contributed by atoms with Crippen LogP contribution in [0.1, 0.15) is 19.8 Å². The van der Waals surface area contributed by atoms with Gasteiger partial charge in [0.25, 0.3) is 0 Å². The Bertz CT molecular complexity index is 87.1. The number of rotatable bonds is 4. The molecule has 1 nitrogen and oxygen atoms in total. The molecule has 0 saturated carbocycles. The predicted octanol–water partition coefficient (Wildman–Crippen LogP) is 1.93. The Morgan fingerprint density at radius 3 is 2.67 bits per heavy atom. The molecule has 0 fully saturated rings. The molecule has 0 heterocycles. The monoisotopic (exact) mass is 152 g/mol. The van der Waals surface area contributed by atoms with E-state index in [0.717, 1.165) is 0 Å². The molecular formula is C6H10ClFO. The molecule has 0 spiro atoms. The maximum absolute atomic E-state index is 12.4. The topological polar surface area (TPSA) is 17.1 Å². The Kier molecular flexibility index (Phi) is 4.68. The lowest BCUT2D eigenvalue weighted by Crippen LogP contribution is -2.14. The number of carbonyl (C=O) groups is 1. The molecule has 0 N–H and O–H groups in total. The van der Waals surface area contributed by atoms with Crippen molar-refractivity contribution in [2.75, 3.05) is 0 Å². The summed E-state index contributed by atoms with van der Waals surface area (Å²) in [7, 11) is 0. The Balaban J connectivity index is 3.44. The largest absolute Gasteiger partial charge is 0.303 e. The first kappa shape index (κ1) is 8.89. The Morgan fingerprint density at radius 2 is 2.33 bits per heavy atom. The van der Waals surface area contributed by atoms with Crippen molar-refractivity contribution >= 4 is 17.9 Å². The van der Waals surface area contributed by atoms with Gasteiger partial charge in [0.1, 0.15) is 12.5 Å². The van der Waals surface area contributed by atoms with Gasteiger partial charge in [0.05, 0.1) is 5.38 Å². The smallest absolute Gasteiger partial charge is 0.121 e. The zero-order valence-electron chi connectivity index (χ0n) is 5.31. The maximum Gasteiger partial charge on any atom is 0.121 e.